The lowest BCUT2D eigenvalue weighted by molar-refractivity contribution is 0.301. The Kier molecular flexibility index (Phi) is 8.41. The number of hydrogen-bond donors (Lipinski definition) is 0. The molecular formula is C14H28N2S. The van der Waals surface area contributed by atoms with Gasteiger partial charge in [0.25, 0.3) is 0 Å². The Hall–Kier alpha value is -0.310. The minimum atomic E-state index is 1.08. The molecule has 2 nitrogen and oxygen atoms in total. The highest BCUT2D eigenvalue weighted by Crippen LogP contribution is 2.14. The van der Waals surface area contributed by atoms with Gasteiger partial charge in [-0.2, -0.15) is 0 Å². The zero-order valence-corrected chi connectivity index (χ0v) is 12.3. The SMILES string of the molecule is CCCCCCCCSCN1C=CN(CC)C1. The van der Waals surface area contributed by atoms with Crippen molar-refractivity contribution in [1.29, 1.82) is 0 Å². The summed E-state index contributed by atoms with van der Waals surface area (Å²) in [5.41, 5.74) is 0. The highest BCUT2D eigenvalue weighted by molar-refractivity contribution is 7.99. The van der Waals surface area contributed by atoms with Crippen molar-refractivity contribution in [3.05, 3.63) is 12.4 Å². The van der Waals surface area contributed by atoms with E-state index >= 15 is 0 Å². The van der Waals surface area contributed by atoms with E-state index in [0.29, 0.717) is 0 Å². The van der Waals surface area contributed by atoms with Crippen LogP contribution < -0.4 is 0 Å². The molecule has 1 rings (SSSR count). The highest BCUT2D eigenvalue weighted by Gasteiger charge is 2.09. The summed E-state index contributed by atoms with van der Waals surface area (Å²) in [5, 5.41) is 0. The molecule has 0 aromatic carbocycles. The van der Waals surface area contributed by atoms with Crippen LogP contribution in [-0.4, -0.2) is 34.6 Å². The van der Waals surface area contributed by atoms with Gasteiger partial charge in [-0.3, -0.25) is 0 Å². The van der Waals surface area contributed by atoms with Gasteiger partial charge in [-0.25, -0.2) is 0 Å². The van der Waals surface area contributed by atoms with Gasteiger partial charge in [0, 0.05) is 18.9 Å². The molecular weight excluding hydrogens is 228 g/mol. The molecule has 0 amide bonds. The average Bonchev–Trinajstić information content (AvgIpc) is 2.80. The fourth-order valence-corrected chi connectivity index (χ4v) is 2.91. The standard InChI is InChI=1S/C14H28N2S/c1-3-5-6-7-8-9-12-17-14-16-11-10-15(4-2)13-16/h10-11H,3-9,12-14H2,1-2H3. The van der Waals surface area contributed by atoms with Gasteiger partial charge in [-0.05, 0) is 19.1 Å². The second-order valence-corrected chi connectivity index (χ2v) is 5.81. The summed E-state index contributed by atoms with van der Waals surface area (Å²) in [7, 11) is 0. The summed E-state index contributed by atoms with van der Waals surface area (Å²) in [4.78, 5) is 4.73. The molecule has 0 aromatic rings. The third-order valence-electron chi connectivity index (χ3n) is 3.16. The van der Waals surface area contributed by atoms with Crippen LogP contribution in [0.15, 0.2) is 12.4 Å². The lowest BCUT2D eigenvalue weighted by Gasteiger charge is -2.19. The molecule has 0 aromatic heterocycles. The largest absolute Gasteiger partial charge is 0.359 e. The molecule has 0 bridgehead atoms. The van der Waals surface area contributed by atoms with Crippen molar-refractivity contribution < 1.29 is 0 Å². The molecule has 100 valence electrons. The topological polar surface area (TPSA) is 6.48 Å². The quantitative estimate of drug-likeness (QED) is 0.543. The summed E-state index contributed by atoms with van der Waals surface area (Å²) in [5.74, 6) is 2.48. The van der Waals surface area contributed by atoms with Gasteiger partial charge in [0.05, 0.1) is 12.5 Å². The van der Waals surface area contributed by atoms with Crippen molar-refractivity contribution in [2.24, 2.45) is 0 Å². The van der Waals surface area contributed by atoms with Crippen molar-refractivity contribution in [3.63, 3.8) is 0 Å². The summed E-state index contributed by atoms with van der Waals surface area (Å²) >= 11 is 2.07. The molecule has 0 unspecified atom stereocenters. The van der Waals surface area contributed by atoms with E-state index in [9.17, 15) is 0 Å². The maximum Gasteiger partial charge on any atom is 0.0901 e. The molecule has 0 aliphatic carbocycles. The lowest BCUT2D eigenvalue weighted by atomic mass is 10.1. The normalized spacial score (nSPS) is 14.9. The second kappa shape index (κ2) is 9.69. The molecule has 1 aliphatic rings. The van der Waals surface area contributed by atoms with Gasteiger partial charge in [0.2, 0.25) is 0 Å². The maximum atomic E-state index is 2.39. The molecule has 3 heteroatoms. The summed E-state index contributed by atoms with van der Waals surface area (Å²) < 4.78 is 0. The molecule has 0 atom stereocenters. The van der Waals surface area contributed by atoms with Crippen molar-refractivity contribution in [1.82, 2.24) is 9.80 Å². The smallest absolute Gasteiger partial charge is 0.0901 e. The van der Waals surface area contributed by atoms with Crippen molar-refractivity contribution >= 4 is 11.8 Å². The Balaban J connectivity index is 1.83. The number of rotatable bonds is 10. The first-order valence-electron chi connectivity index (χ1n) is 7.11. The van der Waals surface area contributed by atoms with Crippen LogP contribution in [0.5, 0.6) is 0 Å². The molecule has 0 fully saturated rings. The van der Waals surface area contributed by atoms with Crippen LogP contribution in [0.1, 0.15) is 52.4 Å². The summed E-state index contributed by atoms with van der Waals surface area (Å²) in [6.45, 7) is 6.69. The van der Waals surface area contributed by atoms with Crippen LogP contribution >= 0.6 is 11.8 Å². The Morgan fingerprint density at radius 2 is 1.65 bits per heavy atom. The first kappa shape index (κ1) is 14.7. The zero-order chi connectivity index (χ0) is 12.3. The van der Waals surface area contributed by atoms with E-state index in [4.69, 9.17) is 0 Å². The third kappa shape index (κ3) is 6.87. The van der Waals surface area contributed by atoms with E-state index in [1.54, 1.807) is 0 Å². The molecule has 1 heterocycles. The number of nitrogens with zero attached hydrogens (tertiary/aromatic N) is 2. The minimum absolute atomic E-state index is 1.08. The molecule has 0 radical (unpaired) electrons. The molecule has 0 spiro atoms. The van der Waals surface area contributed by atoms with Crippen molar-refractivity contribution in [2.45, 2.75) is 52.4 Å². The fraction of sp³-hybridized carbons (Fsp3) is 0.857. The monoisotopic (exact) mass is 256 g/mol. The van der Waals surface area contributed by atoms with Gasteiger partial charge in [0.15, 0.2) is 0 Å². The molecule has 0 saturated carbocycles. The predicted octanol–water partition coefficient (Wildman–Crippen LogP) is 4.10. The van der Waals surface area contributed by atoms with E-state index in [1.807, 2.05) is 0 Å². The summed E-state index contributed by atoms with van der Waals surface area (Å²) in [6.07, 6.45) is 12.9. The zero-order valence-electron chi connectivity index (χ0n) is 11.5. The van der Waals surface area contributed by atoms with Gasteiger partial charge in [0.1, 0.15) is 0 Å². The molecule has 17 heavy (non-hydrogen) atoms. The molecule has 1 aliphatic heterocycles. The predicted molar refractivity (Wildman–Crippen MR) is 78.9 cm³/mol. The molecule has 0 saturated heterocycles. The van der Waals surface area contributed by atoms with Gasteiger partial charge in [-0.1, -0.05) is 39.0 Å². The van der Waals surface area contributed by atoms with Gasteiger partial charge < -0.3 is 9.80 Å². The van der Waals surface area contributed by atoms with Crippen molar-refractivity contribution in [3.8, 4) is 0 Å². The Bertz CT molecular complexity index is 206. The van der Waals surface area contributed by atoms with E-state index in [0.717, 1.165) is 19.1 Å². The van der Waals surface area contributed by atoms with E-state index in [1.165, 1.54) is 44.3 Å². The Morgan fingerprint density at radius 1 is 0.941 bits per heavy atom. The van der Waals surface area contributed by atoms with E-state index in [-0.39, 0.29) is 0 Å². The van der Waals surface area contributed by atoms with Crippen LogP contribution in [0, 0.1) is 0 Å². The van der Waals surface area contributed by atoms with Gasteiger partial charge >= 0.3 is 0 Å². The fourth-order valence-electron chi connectivity index (χ4n) is 1.97. The first-order chi connectivity index (χ1) is 8.36. The van der Waals surface area contributed by atoms with Gasteiger partial charge in [-0.15, -0.1) is 11.8 Å². The number of hydrogen-bond acceptors (Lipinski definition) is 3. The highest BCUT2D eigenvalue weighted by atomic mass is 32.2. The first-order valence-corrected chi connectivity index (χ1v) is 8.26. The van der Waals surface area contributed by atoms with E-state index < -0.39 is 0 Å². The average molecular weight is 256 g/mol. The van der Waals surface area contributed by atoms with Crippen LogP contribution in [-0.2, 0) is 0 Å². The summed E-state index contributed by atoms with van der Waals surface area (Å²) in [6, 6.07) is 0. The number of unbranched alkanes of at least 4 members (excludes halogenated alkanes) is 5. The van der Waals surface area contributed by atoms with Crippen LogP contribution in [0.4, 0.5) is 0 Å². The molecule has 0 N–H and O–H groups in total. The maximum absolute atomic E-state index is 2.39. The second-order valence-electron chi connectivity index (χ2n) is 4.74. The third-order valence-corrected chi connectivity index (χ3v) is 4.25. The van der Waals surface area contributed by atoms with Crippen LogP contribution in [0.3, 0.4) is 0 Å². The Morgan fingerprint density at radius 3 is 2.35 bits per heavy atom. The number of thioether (sulfide) groups is 1. The Labute approximate surface area is 111 Å². The lowest BCUT2D eigenvalue weighted by Crippen LogP contribution is -2.24. The minimum Gasteiger partial charge on any atom is -0.359 e. The van der Waals surface area contributed by atoms with Crippen molar-refractivity contribution in [2.75, 3.05) is 24.8 Å². The van der Waals surface area contributed by atoms with E-state index in [2.05, 4.69) is 47.8 Å². The van der Waals surface area contributed by atoms with Crippen LogP contribution in [0.2, 0.25) is 0 Å². The van der Waals surface area contributed by atoms with Crippen LogP contribution in [0.25, 0.3) is 0 Å².